The van der Waals surface area contributed by atoms with E-state index in [9.17, 15) is 21.6 Å². The van der Waals surface area contributed by atoms with Crippen molar-refractivity contribution in [2.45, 2.75) is 38.1 Å². The normalized spacial score (nSPS) is 25.6. The first-order valence-corrected chi connectivity index (χ1v) is 15.2. The average Bonchev–Trinajstić information content (AvgIpc) is 3.29. The highest BCUT2D eigenvalue weighted by Gasteiger charge is 2.42. The van der Waals surface area contributed by atoms with Gasteiger partial charge in [-0.1, -0.05) is 25.2 Å². The number of nitrogens with zero attached hydrogens (tertiary/aromatic N) is 7. The third-order valence-electron chi connectivity index (χ3n) is 8.29. The van der Waals surface area contributed by atoms with Crippen molar-refractivity contribution in [2.24, 2.45) is 5.92 Å². The Morgan fingerprint density at radius 1 is 1.12 bits per heavy atom. The minimum Gasteiger partial charge on any atom is -0.379 e. The van der Waals surface area contributed by atoms with Crippen LogP contribution in [0.3, 0.4) is 0 Å². The molecular formula is C25H33F3N8O3S. The molecule has 0 aromatic carbocycles. The van der Waals surface area contributed by atoms with Gasteiger partial charge in [-0.05, 0) is 6.92 Å². The summed E-state index contributed by atoms with van der Waals surface area (Å²) in [5.41, 5.74) is -0.177. The highest BCUT2D eigenvalue weighted by Crippen LogP contribution is 2.41. The van der Waals surface area contributed by atoms with E-state index in [1.54, 1.807) is 30.8 Å². The smallest absolute Gasteiger partial charge is 0.379 e. The zero-order valence-electron chi connectivity index (χ0n) is 22.4. The van der Waals surface area contributed by atoms with Crippen LogP contribution in [-0.2, 0) is 14.8 Å². The van der Waals surface area contributed by atoms with Crippen molar-refractivity contribution < 1.29 is 26.3 Å². The van der Waals surface area contributed by atoms with Crippen LogP contribution in [0.1, 0.15) is 19.9 Å². The minimum absolute atomic E-state index is 0.0340. The predicted octanol–water partition coefficient (Wildman–Crippen LogP) is 2.03. The Morgan fingerprint density at radius 3 is 2.52 bits per heavy atom. The molecule has 6 rings (SSSR count). The van der Waals surface area contributed by atoms with Crippen LogP contribution in [0.5, 0.6) is 0 Å². The number of fused-ring (bicyclic) bond motifs is 1. The molecule has 40 heavy (non-hydrogen) atoms. The molecular weight excluding hydrogens is 549 g/mol. The van der Waals surface area contributed by atoms with Gasteiger partial charge < -0.3 is 15.0 Å². The van der Waals surface area contributed by atoms with Crippen LogP contribution in [0.15, 0.2) is 30.0 Å². The Bertz CT molecular complexity index is 1420. The van der Waals surface area contributed by atoms with Crippen molar-refractivity contribution in [2.75, 3.05) is 68.5 Å². The number of hydrogen-bond donors (Lipinski definition) is 1. The molecule has 11 nitrogen and oxygen atoms in total. The second-order valence-electron chi connectivity index (χ2n) is 10.7. The summed E-state index contributed by atoms with van der Waals surface area (Å²) in [6, 6.07) is -0.490. The molecule has 2 aromatic rings. The van der Waals surface area contributed by atoms with Crippen molar-refractivity contribution in [3.05, 3.63) is 30.0 Å². The van der Waals surface area contributed by atoms with E-state index in [4.69, 9.17) is 14.7 Å². The standard InChI is InChI=1S/C25H33F3N8O3S/c1-3-40(37,38)35-12-17(13-35)30-24-31-22(34-14-18(15-34)33-7-9-39-10-8-33)19-11-29-36(23(19)32-24)21-6-4-5-20(16(21)2)25(26,27)28/h4-6,11,16-18,21H,3,7-10,12-15H2,1-2H3,(H,30,31,32). The topological polar surface area (TPSA) is 109 Å². The first-order valence-electron chi connectivity index (χ1n) is 13.6. The number of morpholine rings is 1. The van der Waals surface area contributed by atoms with Crippen LogP contribution in [0, 0.1) is 5.92 Å². The number of anilines is 2. The van der Waals surface area contributed by atoms with Gasteiger partial charge in [0.25, 0.3) is 0 Å². The molecule has 0 amide bonds. The van der Waals surface area contributed by atoms with Crippen LogP contribution in [0.2, 0.25) is 0 Å². The summed E-state index contributed by atoms with van der Waals surface area (Å²) in [6.45, 7) is 8.44. The van der Waals surface area contributed by atoms with E-state index >= 15 is 0 Å². The maximum Gasteiger partial charge on any atom is 0.413 e. The lowest BCUT2D eigenvalue weighted by molar-refractivity contribution is -0.1000. The molecule has 5 heterocycles. The van der Waals surface area contributed by atoms with Crippen molar-refractivity contribution in [1.29, 1.82) is 0 Å². The average molecular weight is 583 g/mol. The highest BCUT2D eigenvalue weighted by atomic mass is 32.2. The maximum atomic E-state index is 13.7. The van der Waals surface area contributed by atoms with Crippen LogP contribution in [0.25, 0.3) is 11.0 Å². The SMILES string of the molecule is CCS(=O)(=O)N1CC(Nc2nc(N3CC(N4CCOCC4)C3)c3cnn(C4C=CC=C(C(F)(F)F)C4C)c3n2)C1. The molecule has 1 aliphatic carbocycles. The Morgan fingerprint density at radius 2 is 1.85 bits per heavy atom. The van der Waals surface area contributed by atoms with Gasteiger partial charge in [0.2, 0.25) is 16.0 Å². The number of halogens is 3. The van der Waals surface area contributed by atoms with Gasteiger partial charge in [-0.2, -0.15) is 32.5 Å². The zero-order valence-corrected chi connectivity index (χ0v) is 23.2. The van der Waals surface area contributed by atoms with E-state index in [2.05, 4.69) is 20.2 Å². The van der Waals surface area contributed by atoms with Crippen LogP contribution >= 0.6 is 0 Å². The molecule has 0 bridgehead atoms. The second-order valence-corrected chi connectivity index (χ2v) is 13.0. The van der Waals surface area contributed by atoms with Crippen LogP contribution in [0.4, 0.5) is 24.9 Å². The van der Waals surface area contributed by atoms with E-state index in [0.29, 0.717) is 55.1 Å². The number of allylic oxidation sites excluding steroid dienone is 4. The lowest BCUT2D eigenvalue weighted by Crippen LogP contribution is -2.62. The Hall–Kier alpha value is -2.75. The fourth-order valence-corrected chi connectivity index (χ4v) is 6.96. The maximum absolute atomic E-state index is 13.7. The number of sulfonamides is 1. The Labute approximate surface area is 230 Å². The molecule has 2 atom stereocenters. The quantitative estimate of drug-likeness (QED) is 0.525. The number of rotatable bonds is 7. The van der Waals surface area contributed by atoms with Gasteiger partial charge in [0.15, 0.2) is 5.65 Å². The minimum atomic E-state index is -4.45. The molecule has 15 heteroatoms. The van der Waals surface area contributed by atoms with Crippen molar-refractivity contribution >= 4 is 32.8 Å². The van der Waals surface area contributed by atoms with Crippen molar-refractivity contribution in [1.82, 2.24) is 29.0 Å². The molecule has 0 saturated carbocycles. The van der Waals surface area contributed by atoms with Gasteiger partial charge in [-0.25, -0.2) is 13.1 Å². The number of nitrogens with one attached hydrogen (secondary N) is 1. The number of aromatic nitrogens is 4. The van der Waals surface area contributed by atoms with E-state index in [0.717, 1.165) is 32.3 Å². The largest absolute Gasteiger partial charge is 0.413 e. The molecule has 0 spiro atoms. The van der Waals surface area contributed by atoms with E-state index in [-0.39, 0.29) is 11.8 Å². The molecule has 2 unspecified atom stereocenters. The third kappa shape index (κ3) is 4.97. The van der Waals surface area contributed by atoms with Crippen LogP contribution < -0.4 is 10.2 Å². The van der Waals surface area contributed by atoms with Gasteiger partial charge >= 0.3 is 6.18 Å². The summed E-state index contributed by atoms with van der Waals surface area (Å²) < 4.78 is 73.8. The van der Waals surface area contributed by atoms with Gasteiger partial charge in [0.05, 0.1) is 42.6 Å². The monoisotopic (exact) mass is 582 g/mol. The zero-order chi connectivity index (χ0) is 28.2. The first-order chi connectivity index (χ1) is 19.0. The summed E-state index contributed by atoms with van der Waals surface area (Å²) in [5, 5.41) is 8.42. The number of alkyl halides is 3. The molecule has 2 aromatic heterocycles. The van der Waals surface area contributed by atoms with Crippen molar-refractivity contribution in [3.63, 3.8) is 0 Å². The lowest BCUT2D eigenvalue weighted by atomic mass is 9.88. The van der Waals surface area contributed by atoms with Gasteiger partial charge in [-0.15, -0.1) is 0 Å². The number of ether oxygens (including phenoxy) is 1. The summed E-state index contributed by atoms with van der Waals surface area (Å²) in [7, 11) is -3.28. The van der Waals surface area contributed by atoms with E-state index in [1.165, 1.54) is 10.4 Å². The Balaban J connectivity index is 1.30. The summed E-state index contributed by atoms with van der Waals surface area (Å²) in [6.07, 6.45) is 1.42. The fourth-order valence-electron chi connectivity index (χ4n) is 5.78. The second kappa shape index (κ2) is 10.3. The van der Waals surface area contributed by atoms with Gasteiger partial charge in [0.1, 0.15) is 5.82 Å². The Kier molecular flexibility index (Phi) is 7.04. The fraction of sp³-hybridized carbons (Fsp3) is 0.640. The third-order valence-corrected chi connectivity index (χ3v) is 10.1. The molecule has 3 aliphatic heterocycles. The molecule has 1 N–H and O–H groups in total. The van der Waals surface area contributed by atoms with E-state index < -0.39 is 33.7 Å². The highest BCUT2D eigenvalue weighted by molar-refractivity contribution is 7.89. The molecule has 4 aliphatic rings. The molecule has 218 valence electrons. The lowest BCUT2D eigenvalue weighted by Gasteiger charge is -2.47. The van der Waals surface area contributed by atoms with Crippen LogP contribution in [-0.4, -0.2) is 114 Å². The summed E-state index contributed by atoms with van der Waals surface area (Å²) in [5.74, 6) is 0.139. The predicted molar refractivity (Wildman–Crippen MR) is 144 cm³/mol. The van der Waals surface area contributed by atoms with Gasteiger partial charge in [-0.3, -0.25) is 4.90 Å². The van der Waals surface area contributed by atoms with Gasteiger partial charge in [0, 0.05) is 56.8 Å². The van der Waals surface area contributed by atoms with E-state index in [1.807, 2.05) is 0 Å². The molecule has 0 radical (unpaired) electrons. The molecule has 3 fully saturated rings. The first kappa shape index (κ1) is 27.4. The summed E-state index contributed by atoms with van der Waals surface area (Å²) >= 11 is 0. The summed E-state index contributed by atoms with van der Waals surface area (Å²) in [4.78, 5) is 14.0. The molecule has 3 saturated heterocycles. The number of hydrogen-bond acceptors (Lipinski definition) is 9. The van der Waals surface area contributed by atoms with Crippen molar-refractivity contribution in [3.8, 4) is 0 Å².